The molecule has 0 radical (unpaired) electrons. The van der Waals surface area contributed by atoms with Crippen LogP contribution in [-0.2, 0) is 15.4 Å². The molecular formula is C25H35O3P. The zero-order valence-corrected chi connectivity index (χ0v) is 20.5. The maximum absolute atomic E-state index is 6.44. The number of benzene rings is 2. The summed E-state index contributed by atoms with van der Waals surface area (Å²) in [6.07, 6.45) is 0. The van der Waals surface area contributed by atoms with E-state index in [2.05, 4.69) is 86.6 Å². The fourth-order valence-corrected chi connectivity index (χ4v) is 4.87. The highest BCUT2D eigenvalue weighted by Gasteiger charge is 2.34. The summed E-state index contributed by atoms with van der Waals surface area (Å²) >= 11 is 0. The monoisotopic (exact) mass is 414 g/mol. The highest BCUT2D eigenvalue weighted by atomic mass is 31.2. The molecule has 1 aliphatic rings. The Morgan fingerprint density at radius 1 is 0.759 bits per heavy atom. The lowest BCUT2D eigenvalue weighted by atomic mass is 9.79. The predicted molar refractivity (Wildman–Crippen MR) is 122 cm³/mol. The van der Waals surface area contributed by atoms with E-state index in [-0.39, 0.29) is 16.7 Å². The second-order valence-corrected chi connectivity index (χ2v) is 11.4. The molecule has 2 aromatic rings. The van der Waals surface area contributed by atoms with Crippen LogP contribution in [0.2, 0.25) is 0 Å². The number of fused-ring (bicyclic) bond motifs is 2. The molecule has 1 heterocycles. The number of rotatable bonds is 1. The minimum Gasteiger partial charge on any atom is -0.417 e. The van der Waals surface area contributed by atoms with Gasteiger partial charge in [0.1, 0.15) is 11.5 Å². The molecule has 0 atom stereocenters. The van der Waals surface area contributed by atoms with Crippen molar-refractivity contribution in [1.82, 2.24) is 0 Å². The molecule has 0 fully saturated rings. The molecule has 0 aromatic heterocycles. The first-order valence-corrected chi connectivity index (χ1v) is 11.4. The number of hydrogen-bond donors (Lipinski definition) is 0. The Balaban J connectivity index is 2.35. The second-order valence-electron chi connectivity index (χ2n) is 10.3. The van der Waals surface area contributed by atoms with E-state index >= 15 is 0 Å². The Labute approximate surface area is 177 Å². The van der Waals surface area contributed by atoms with Crippen LogP contribution in [0.25, 0.3) is 0 Å². The summed E-state index contributed by atoms with van der Waals surface area (Å²) in [5.74, 6) is 1.97. The van der Waals surface area contributed by atoms with Gasteiger partial charge in [-0.05, 0) is 24.7 Å². The van der Waals surface area contributed by atoms with Gasteiger partial charge in [-0.15, -0.1) is 0 Å². The van der Waals surface area contributed by atoms with Gasteiger partial charge in [-0.1, -0.05) is 83.9 Å². The highest BCUT2D eigenvalue weighted by Crippen LogP contribution is 2.54. The van der Waals surface area contributed by atoms with Crippen LogP contribution in [0.15, 0.2) is 24.3 Å². The van der Waals surface area contributed by atoms with Crippen LogP contribution < -0.4 is 9.05 Å². The molecule has 4 heteroatoms. The second kappa shape index (κ2) is 7.60. The van der Waals surface area contributed by atoms with Crippen molar-refractivity contribution in [2.75, 3.05) is 7.11 Å². The average molecular weight is 415 g/mol. The lowest BCUT2D eigenvalue weighted by Gasteiger charge is -2.34. The van der Waals surface area contributed by atoms with Crippen LogP contribution in [0.3, 0.4) is 0 Å². The molecule has 3 rings (SSSR count). The van der Waals surface area contributed by atoms with Gasteiger partial charge in [0.25, 0.3) is 0 Å². The lowest BCUT2D eigenvalue weighted by molar-refractivity contribution is 0.312. The summed E-state index contributed by atoms with van der Waals surface area (Å²) in [5.41, 5.74) is 7.20. The molecule has 2 aromatic carbocycles. The van der Waals surface area contributed by atoms with Crippen molar-refractivity contribution in [3.8, 4) is 11.5 Å². The van der Waals surface area contributed by atoms with E-state index < -0.39 is 8.60 Å². The molecule has 0 aliphatic carbocycles. The van der Waals surface area contributed by atoms with Gasteiger partial charge in [0.05, 0.1) is 0 Å². The Kier molecular flexibility index (Phi) is 5.80. The number of aryl methyl sites for hydroxylation is 2. The Morgan fingerprint density at radius 3 is 1.45 bits per heavy atom. The SMILES string of the molecule is COP1Oc2c(cc(C)cc2C(C)(C)C)C(C)c2cc(C)cc(C(C)(C)C)c2O1. The van der Waals surface area contributed by atoms with Gasteiger partial charge in [0.2, 0.25) is 0 Å². The van der Waals surface area contributed by atoms with Crippen LogP contribution >= 0.6 is 8.60 Å². The lowest BCUT2D eigenvalue weighted by Crippen LogP contribution is -2.20. The van der Waals surface area contributed by atoms with Crippen molar-refractivity contribution in [3.05, 3.63) is 57.6 Å². The summed E-state index contributed by atoms with van der Waals surface area (Å²) in [5, 5.41) is 0. The fraction of sp³-hybridized carbons (Fsp3) is 0.520. The zero-order valence-electron chi connectivity index (χ0n) is 19.6. The first-order valence-electron chi connectivity index (χ1n) is 10.3. The summed E-state index contributed by atoms with van der Waals surface area (Å²) in [4.78, 5) is 0. The summed E-state index contributed by atoms with van der Waals surface area (Å²) < 4.78 is 18.6. The van der Waals surface area contributed by atoms with E-state index in [4.69, 9.17) is 13.6 Å². The van der Waals surface area contributed by atoms with Crippen LogP contribution in [0.5, 0.6) is 11.5 Å². The largest absolute Gasteiger partial charge is 0.462 e. The molecule has 1 aliphatic heterocycles. The Morgan fingerprint density at radius 2 is 1.14 bits per heavy atom. The van der Waals surface area contributed by atoms with Gasteiger partial charge in [-0.25, -0.2) is 0 Å². The van der Waals surface area contributed by atoms with Crippen LogP contribution in [0, 0.1) is 13.8 Å². The van der Waals surface area contributed by atoms with Gasteiger partial charge >= 0.3 is 8.60 Å². The fourth-order valence-electron chi connectivity index (χ4n) is 3.97. The third kappa shape index (κ3) is 4.32. The molecule has 0 amide bonds. The molecule has 0 saturated heterocycles. The van der Waals surface area contributed by atoms with Crippen LogP contribution in [-0.4, -0.2) is 7.11 Å². The zero-order chi connectivity index (χ0) is 21.7. The van der Waals surface area contributed by atoms with E-state index in [0.29, 0.717) is 0 Å². The average Bonchev–Trinajstić information content (AvgIpc) is 2.59. The van der Waals surface area contributed by atoms with Crippen molar-refractivity contribution >= 4 is 8.60 Å². The van der Waals surface area contributed by atoms with Gasteiger partial charge in [0, 0.05) is 35.3 Å². The molecule has 3 nitrogen and oxygen atoms in total. The number of hydrogen-bond acceptors (Lipinski definition) is 3. The van der Waals surface area contributed by atoms with Crippen LogP contribution in [0.4, 0.5) is 0 Å². The summed E-state index contributed by atoms with van der Waals surface area (Å²) in [6, 6.07) is 8.97. The first kappa shape index (κ1) is 22.1. The van der Waals surface area contributed by atoms with E-state index in [1.54, 1.807) is 7.11 Å². The third-order valence-corrected chi connectivity index (χ3v) is 6.52. The standard InChI is InChI=1S/C25H35O3P/c1-15-11-18-17(3)19-12-16(2)14-21(25(7,8)9)23(19)28-29(26-10)27-22(18)20(13-15)24(4,5)6/h11-14,17H,1-10H3. The minimum absolute atomic E-state index is 0.0459. The third-order valence-electron chi connectivity index (χ3n) is 5.55. The topological polar surface area (TPSA) is 27.7 Å². The van der Waals surface area contributed by atoms with Crippen molar-refractivity contribution in [1.29, 1.82) is 0 Å². The van der Waals surface area contributed by atoms with E-state index in [9.17, 15) is 0 Å². The van der Waals surface area contributed by atoms with Gasteiger partial charge in [-0.2, -0.15) is 0 Å². The van der Waals surface area contributed by atoms with E-state index in [0.717, 1.165) is 11.5 Å². The van der Waals surface area contributed by atoms with E-state index in [1.807, 2.05) is 0 Å². The summed E-state index contributed by atoms with van der Waals surface area (Å²) in [7, 11) is 0.107. The van der Waals surface area contributed by atoms with Gasteiger partial charge in [-0.3, -0.25) is 4.52 Å². The molecule has 0 unspecified atom stereocenters. The highest BCUT2D eigenvalue weighted by molar-refractivity contribution is 7.42. The normalized spacial score (nSPS) is 19.4. The van der Waals surface area contributed by atoms with Crippen molar-refractivity contribution in [3.63, 3.8) is 0 Å². The van der Waals surface area contributed by atoms with Crippen molar-refractivity contribution in [2.45, 2.75) is 79.1 Å². The van der Waals surface area contributed by atoms with Crippen LogP contribution in [0.1, 0.15) is 87.8 Å². The molecule has 0 saturated carbocycles. The van der Waals surface area contributed by atoms with Crippen molar-refractivity contribution in [2.24, 2.45) is 0 Å². The Bertz CT molecular complexity index is 846. The first-order chi connectivity index (χ1) is 13.3. The molecule has 0 spiro atoms. The van der Waals surface area contributed by atoms with Crippen molar-refractivity contribution < 1.29 is 13.6 Å². The predicted octanol–water partition coefficient (Wildman–Crippen LogP) is 7.69. The maximum Gasteiger partial charge on any atom is 0.462 e. The molecule has 158 valence electrons. The van der Waals surface area contributed by atoms with Gasteiger partial charge < -0.3 is 9.05 Å². The quantitative estimate of drug-likeness (QED) is 0.448. The van der Waals surface area contributed by atoms with Gasteiger partial charge in [0.15, 0.2) is 0 Å². The maximum atomic E-state index is 6.44. The van der Waals surface area contributed by atoms with E-state index in [1.165, 1.54) is 33.4 Å². The molecule has 0 N–H and O–H groups in total. The minimum atomic E-state index is -1.55. The molecular weight excluding hydrogens is 379 g/mol. The smallest absolute Gasteiger partial charge is 0.417 e. The Hall–Kier alpha value is -1.57. The molecule has 0 bridgehead atoms. The molecule has 29 heavy (non-hydrogen) atoms. The summed E-state index contributed by atoms with van der Waals surface area (Å²) in [6.45, 7) is 19.9.